The van der Waals surface area contributed by atoms with Crippen LogP contribution in [0.3, 0.4) is 0 Å². The highest BCUT2D eigenvalue weighted by molar-refractivity contribution is 6.21. The minimum atomic E-state index is 1.02. The van der Waals surface area contributed by atoms with Gasteiger partial charge in [0.15, 0.2) is 0 Å². The van der Waals surface area contributed by atoms with Crippen molar-refractivity contribution in [3.05, 3.63) is 163 Å². The molecule has 0 radical (unpaired) electrons. The van der Waals surface area contributed by atoms with Crippen LogP contribution in [0.25, 0.3) is 71.3 Å². The number of nitrogens with two attached hydrogens (primary N) is 1. The third kappa shape index (κ3) is 4.79. The Morgan fingerprint density at radius 2 is 1.00 bits per heavy atom. The molecule has 1 heteroatoms. The quantitative estimate of drug-likeness (QED) is 0.167. The van der Waals surface area contributed by atoms with Crippen molar-refractivity contribution in [2.24, 2.45) is 5.73 Å². The molecule has 0 aromatic heterocycles. The Balaban J connectivity index is 1.37. The van der Waals surface area contributed by atoms with E-state index in [1.807, 2.05) is 19.1 Å². The molecule has 1 nitrogen and oxygen atoms in total. The molecule has 2 N–H and O–H groups in total. The van der Waals surface area contributed by atoms with Crippen molar-refractivity contribution >= 4 is 37.9 Å². The maximum atomic E-state index is 5.85. The lowest BCUT2D eigenvalue weighted by Gasteiger charge is -2.18. The van der Waals surface area contributed by atoms with Crippen molar-refractivity contribution in [1.29, 1.82) is 0 Å². The Morgan fingerprint density at radius 3 is 1.56 bits per heavy atom. The van der Waals surface area contributed by atoms with E-state index in [1.54, 1.807) is 6.20 Å². The lowest BCUT2D eigenvalue weighted by atomic mass is 9.85. The van der Waals surface area contributed by atoms with Gasteiger partial charge in [-0.15, -0.1) is 0 Å². The molecule has 0 fully saturated rings. The predicted octanol–water partition coefficient (Wildman–Crippen LogP) is 11.3. The lowest BCUT2D eigenvalue weighted by molar-refractivity contribution is 1.51. The summed E-state index contributed by atoms with van der Waals surface area (Å²) in [7, 11) is 0. The standard InChI is InChI=1S/C42H33N/c1-3-8-35(27-43)31-17-15-29(16-18-31)30-19-22-33(23-20-30)41-37-9-4-6-11-39(37)42(40-12-7-5-10-38(40)41)34-24-21-32-14-13-28(2)25-36(32)26-34/h3-27H,43H2,1-2H3/b8-3-,35-27+. The molecule has 0 heterocycles. The average molecular weight is 552 g/mol. The second-order valence-electron chi connectivity index (χ2n) is 11.2. The highest BCUT2D eigenvalue weighted by Crippen LogP contribution is 2.44. The molecule has 0 amide bonds. The van der Waals surface area contributed by atoms with Gasteiger partial charge in [-0.25, -0.2) is 0 Å². The molecule has 43 heavy (non-hydrogen) atoms. The van der Waals surface area contributed by atoms with Gasteiger partial charge in [0.25, 0.3) is 0 Å². The van der Waals surface area contributed by atoms with Gasteiger partial charge in [-0.3, -0.25) is 0 Å². The third-order valence-electron chi connectivity index (χ3n) is 8.47. The number of hydrogen-bond donors (Lipinski definition) is 1. The molecule has 0 bridgehead atoms. The van der Waals surface area contributed by atoms with Gasteiger partial charge in [0, 0.05) is 6.20 Å². The van der Waals surface area contributed by atoms with Crippen molar-refractivity contribution in [3.8, 4) is 33.4 Å². The van der Waals surface area contributed by atoms with E-state index in [9.17, 15) is 0 Å². The molecule has 0 atom stereocenters. The van der Waals surface area contributed by atoms with Gasteiger partial charge in [-0.2, -0.15) is 0 Å². The van der Waals surface area contributed by atoms with Crippen molar-refractivity contribution in [2.75, 3.05) is 0 Å². The average Bonchev–Trinajstić information content (AvgIpc) is 3.06. The zero-order valence-corrected chi connectivity index (χ0v) is 24.5. The molecule has 0 saturated carbocycles. The molecule has 7 rings (SSSR count). The maximum Gasteiger partial charge on any atom is 0.00174 e. The molecule has 0 spiro atoms. The van der Waals surface area contributed by atoms with E-state index in [-0.39, 0.29) is 0 Å². The molecule has 0 saturated heterocycles. The Kier molecular flexibility index (Phi) is 6.85. The number of rotatable bonds is 5. The van der Waals surface area contributed by atoms with Gasteiger partial charge in [0.2, 0.25) is 0 Å². The lowest BCUT2D eigenvalue weighted by Crippen LogP contribution is -1.91. The van der Waals surface area contributed by atoms with Crippen molar-refractivity contribution in [2.45, 2.75) is 13.8 Å². The van der Waals surface area contributed by atoms with Crippen LogP contribution in [0.1, 0.15) is 18.1 Å². The molecule has 7 aromatic carbocycles. The minimum absolute atomic E-state index is 1.02. The van der Waals surface area contributed by atoms with E-state index < -0.39 is 0 Å². The third-order valence-corrected chi connectivity index (χ3v) is 8.47. The summed E-state index contributed by atoms with van der Waals surface area (Å²) in [5.41, 5.74) is 16.7. The van der Waals surface area contributed by atoms with E-state index in [0.717, 1.165) is 11.1 Å². The smallest absolute Gasteiger partial charge is 0.00174 e. The van der Waals surface area contributed by atoms with E-state index >= 15 is 0 Å². The number of benzene rings is 7. The van der Waals surface area contributed by atoms with Gasteiger partial charge in [-0.1, -0.05) is 145 Å². The molecular weight excluding hydrogens is 518 g/mol. The zero-order chi connectivity index (χ0) is 29.3. The Labute approximate surface area is 253 Å². The monoisotopic (exact) mass is 551 g/mol. The SMILES string of the molecule is C/C=C\C(=C/N)c1ccc(-c2ccc(-c3c4ccccc4c(-c4ccc5ccc(C)cc5c4)c4ccccc34)cc2)cc1. The van der Waals surface area contributed by atoms with Crippen LogP contribution in [-0.2, 0) is 0 Å². The number of aryl methyl sites for hydroxylation is 1. The summed E-state index contributed by atoms with van der Waals surface area (Å²) >= 11 is 0. The topological polar surface area (TPSA) is 26.0 Å². The molecule has 0 aliphatic heterocycles. The zero-order valence-electron chi connectivity index (χ0n) is 24.5. The van der Waals surface area contributed by atoms with Gasteiger partial charge in [0.1, 0.15) is 0 Å². The first-order valence-electron chi connectivity index (χ1n) is 14.8. The number of fused-ring (bicyclic) bond motifs is 3. The van der Waals surface area contributed by atoms with Gasteiger partial charge >= 0.3 is 0 Å². The van der Waals surface area contributed by atoms with Gasteiger partial charge < -0.3 is 5.73 Å². The first kappa shape index (κ1) is 26.5. The molecule has 0 unspecified atom stereocenters. The molecular formula is C42H33N. The summed E-state index contributed by atoms with van der Waals surface area (Å²) in [4.78, 5) is 0. The van der Waals surface area contributed by atoms with E-state index in [2.05, 4.69) is 140 Å². The van der Waals surface area contributed by atoms with Crippen LogP contribution < -0.4 is 5.73 Å². The summed E-state index contributed by atoms with van der Waals surface area (Å²) in [6.07, 6.45) is 5.70. The summed E-state index contributed by atoms with van der Waals surface area (Å²) < 4.78 is 0. The summed E-state index contributed by atoms with van der Waals surface area (Å²) in [6.45, 7) is 4.16. The highest BCUT2D eigenvalue weighted by Gasteiger charge is 2.17. The van der Waals surface area contributed by atoms with E-state index in [0.29, 0.717) is 0 Å². The second kappa shape index (κ2) is 11.1. The molecule has 0 aliphatic rings. The van der Waals surface area contributed by atoms with Crippen LogP contribution in [0.15, 0.2) is 152 Å². The largest absolute Gasteiger partial charge is 0.404 e. The Hall–Kier alpha value is -5.40. The van der Waals surface area contributed by atoms with Gasteiger partial charge in [-0.05, 0) is 96.7 Å². The van der Waals surface area contributed by atoms with Crippen LogP contribution in [0.2, 0.25) is 0 Å². The van der Waals surface area contributed by atoms with Crippen LogP contribution in [-0.4, -0.2) is 0 Å². The predicted molar refractivity (Wildman–Crippen MR) is 187 cm³/mol. The second-order valence-corrected chi connectivity index (χ2v) is 11.2. The Bertz CT molecular complexity index is 2120. The number of allylic oxidation sites excluding steroid dienone is 3. The van der Waals surface area contributed by atoms with Crippen LogP contribution in [0, 0.1) is 6.92 Å². The fourth-order valence-corrected chi connectivity index (χ4v) is 6.38. The van der Waals surface area contributed by atoms with Crippen molar-refractivity contribution in [1.82, 2.24) is 0 Å². The van der Waals surface area contributed by atoms with E-state index in [4.69, 9.17) is 5.73 Å². The van der Waals surface area contributed by atoms with Gasteiger partial charge in [0.05, 0.1) is 0 Å². The van der Waals surface area contributed by atoms with Crippen LogP contribution >= 0.6 is 0 Å². The molecule has 7 aromatic rings. The summed E-state index contributed by atoms with van der Waals surface area (Å²) in [5, 5.41) is 7.62. The minimum Gasteiger partial charge on any atom is -0.404 e. The Morgan fingerprint density at radius 1 is 0.512 bits per heavy atom. The van der Waals surface area contributed by atoms with Crippen molar-refractivity contribution < 1.29 is 0 Å². The summed E-state index contributed by atoms with van der Waals surface area (Å²) in [5.74, 6) is 0. The van der Waals surface area contributed by atoms with Crippen LogP contribution in [0.5, 0.6) is 0 Å². The first-order chi connectivity index (χ1) is 21.1. The molecule has 0 aliphatic carbocycles. The fourth-order valence-electron chi connectivity index (χ4n) is 6.38. The summed E-state index contributed by atoms with van der Waals surface area (Å²) in [6, 6.07) is 48.9. The molecule has 206 valence electrons. The van der Waals surface area contributed by atoms with Crippen LogP contribution in [0.4, 0.5) is 0 Å². The highest BCUT2D eigenvalue weighted by atomic mass is 14.5. The number of hydrogen-bond acceptors (Lipinski definition) is 1. The maximum absolute atomic E-state index is 5.85. The normalized spacial score (nSPS) is 12.1. The first-order valence-corrected chi connectivity index (χ1v) is 14.8. The van der Waals surface area contributed by atoms with E-state index in [1.165, 1.54) is 71.3 Å². The van der Waals surface area contributed by atoms with Crippen molar-refractivity contribution in [3.63, 3.8) is 0 Å². The fraction of sp³-hybridized carbons (Fsp3) is 0.0476.